The van der Waals surface area contributed by atoms with Gasteiger partial charge in [-0.3, -0.25) is 14.6 Å². The van der Waals surface area contributed by atoms with E-state index in [2.05, 4.69) is 10.3 Å². The highest BCUT2D eigenvalue weighted by atomic mass is 32.1. The third-order valence-electron chi connectivity index (χ3n) is 2.23. The quantitative estimate of drug-likeness (QED) is 0.843. The molecule has 1 N–H and O–H groups in total. The van der Waals surface area contributed by atoms with Gasteiger partial charge < -0.3 is 10.1 Å². The molecule has 0 aliphatic carbocycles. The van der Waals surface area contributed by atoms with Gasteiger partial charge in [-0.15, -0.1) is 11.3 Å². The monoisotopic (exact) mass is 284 g/mol. The zero-order chi connectivity index (χ0) is 14.5. The summed E-state index contributed by atoms with van der Waals surface area (Å²) in [5, 5.41) is 2.82. The number of aromatic nitrogens is 1. The predicted octanol–water partition coefficient (Wildman–Crippen LogP) is 2.44. The average molecular weight is 284 g/mol. The predicted molar refractivity (Wildman–Crippen MR) is 73.8 cm³/mol. The van der Waals surface area contributed by atoms with Gasteiger partial charge in [0.25, 0.3) is 0 Å². The smallest absolute Gasteiger partial charge is 0.306 e. The van der Waals surface area contributed by atoms with Crippen molar-refractivity contribution in [2.45, 2.75) is 52.2 Å². The summed E-state index contributed by atoms with van der Waals surface area (Å²) in [6, 6.07) is -0.0846. The van der Waals surface area contributed by atoms with Crippen molar-refractivity contribution in [3.05, 3.63) is 16.6 Å². The van der Waals surface area contributed by atoms with Crippen LogP contribution in [0, 0.1) is 0 Å². The molecule has 6 heteroatoms. The summed E-state index contributed by atoms with van der Waals surface area (Å²) in [4.78, 5) is 28.1. The zero-order valence-corrected chi connectivity index (χ0v) is 12.5. The van der Waals surface area contributed by atoms with Gasteiger partial charge in [0.2, 0.25) is 5.91 Å². The van der Waals surface area contributed by atoms with E-state index in [1.807, 2.05) is 6.92 Å². The molecule has 0 unspecified atom stereocenters. The van der Waals surface area contributed by atoms with Gasteiger partial charge in [0.15, 0.2) is 0 Å². The van der Waals surface area contributed by atoms with Crippen molar-refractivity contribution in [2.75, 3.05) is 0 Å². The Morgan fingerprint density at radius 2 is 2.11 bits per heavy atom. The highest BCUT2D eigenvalue weighted by Crippen LogP contribution is 2.16. The normalized spacial score (nSPS) is 12.8. The molecule has 0 aromatic carbocycles. The van der Waals surface area contributed by atoms with Gasteiger partial charge in [0, 0.05) is 17.5 Å². The molecule has 0 fully saturated rings. The number of nitrogens with zero attached hydrogens (tertiary/aromatic N) is 1. The van der Waals surface area contributed by atoms with Gasteiger partial charge in [0.05, 0.1) is 18.0 Å². The maximum Gasteiger partial charge on any atom is 0.306 e. The number of carbonyl (C=O) groups is 2. The number of esters is 1. The van der Waals surface area contributed by atoms with Gasteiger partial charge in [-0.1, -0.05) is 0 Å². The standard InChI is InChI=1S/C13H20N2O3S/c1-9(10-7-14-8-19-10)15-11(16)5-6-12(17)18-13(2,3)4/h7-9H,5-6H2,1-4H3,(H,15,16)/t9-/m0/s1. The Bertz CT molecular complexity index is 424. The molecular weight excluding hydrogens is 264 g/mol. The topological polar surface area (TPSA) is 68.3 Å². The van der Waals surface area contributed by atoms with Crippen LogP contribution in [0.25, 0.3) is 0 Å². The van der Waals surface area contributed by atoms with Crippen LogP contribution in [0.2, 0.25) is 0 Å². The fourth-order valence-electron chi connectivity index (χ4n) is 1.43. The van der Waals surface area contributed by atoms with E-state index in [9.17, 15) is 9.59 Å². The molecule has 5 nitrogen and oxygen atoms in total. The number of amides is 1. The minimum absolute atomic E-state index is 0.0846. The number of nitrogens with one attached hydrogen (secondary N) is 1. The van der Waals surface area contributed by atoms with Crippen LogP contribution in [0.4, 0.5) is 0 Å². The van der Waals surface area contributed by atoms with E-state index in [0.29, 0.717) is 0 Å². The Morgan fingerprint density at radius 1 is 1.42 bits per heavy atom. The molecule has 0 spiro atoms. The molecule has 0 radical (unpaired) electrons. The largest absolute Gasteiger partial charge is 0.460 e. The third-order valence-corrected chi connectivity index (χ3v) is 3.19. The summed E-state index contributed by atoms with van der Waals surface area (Å²) in [5.74, 6) is -0.514. The molecule has 0 saturated carbocycles. The van der Waals surface area contributed by atoms with Crippen LogP contribution in [0.1, 0.15) is 51.5 Å². The van der Waals surface area contributed by atoms with Gasteiger partial charge in [-0.2, -0.15) is 0 Å². The summed E-state index contributed by atoms with van der Waals surface area (Å²) >= 11 is 1.49. The SMILES string of the molecule is C[C@H](NC(=O)CCC(=O)OC(C)(C)C)c1cncs1. The maximum atomic E-state index is 11.7. The molecule has 1 heterocycles. The van der Waals surface area contributed by atoms with Crippen LogP contribution in [0.3, 0.4) is 0 Å². The Hall–Kier alpha value is -1.43. The van der Waals surface area contributed by atoms with Crippen LogP contribution >= 0.6 is 11.3 Å². The molecule has 0 aliphatic heterocycles. The van der Waals surface area contributed by atoms with E-state index < -0.39 is 5.60 Å². The van der Waals surface area contributed by atoms with Crippen LogP contribution < -0.4 is 5.32 Å². The second-order valence-electron chi connectivity index (χ2n) is 5.28. The van der Waals surface area contributed by atoms with Crippen molar-refractivity contribution < 1.29 is 14.3 Å². The Balaban J connectivity index is 2.30. The van der Waals surface area contributed by atoms with Gasteiger partial charge in [-0.25, -0.2) is 0 Å². The lowest BCUT2D eigenvalue weighted by Gasteiger charge is -2.19. The number of hydrogen-bond acceptors (Lipinski definition) is 5. The molecule has 1 aromatic heterocycles. The Kier molecular flexibility index (Phi) is 5.47. The van der Waals surface area contributed by atoms with Gasteiger partial charge in [-0.05, 0) is 27.7 Å². The summed E-state index contributed by atoms with van der Waals surface area (Å²) in [5.41, 5.74) is 1.21. The van der Waals surface area contributed by atoms with E-state index in [-0.39, 0.29) is 30.8 Å². The molecular formula is C13H20N2O3S. The van der Waals surface area contributed by atoms with Crippen molar-refractivity contribution in [2.24, 2.45) is 0 Å². The number of rotatable bonds is 5. The molecule has 1 atom stereocenters. The fourth-order valence-corrected chi connectivity index (χ4v) is 2.06. The third kappa shape index (κ3) is 6.33. The lowest BCUT2D eigenvalue weighted by molar-refractivity contribution is -0.155. The molecule has 1 aromatic rings. The van der Waals surface area contributed by atoms with E-state index in [1.54, 1.807) is 32.5 Å². The van der Waals surface area contributed by atoms with Gasteiger partial charge in [0.1, 0.15) is 5.60 Å². The minimum Gasteiger partial charge on any atom is -0.460 e. The lowest BCUT2D eigenvalue weighted by Crippen LogP contribution is -2.28. The Labute approximate surface area is 117 Å². The van der Waals surface area contributed by atoms with Crippen LogP contribution in [-0.4, -0.2) is 22.5 Å². The van der Waals surface area contributed by atoms with Crippen LogP contribution in [-0.2, 0) is 14.3 Å². The number of thiazole rings is 1. The van der Waals surface area contributed by atoms with E-state index in [0.717, 1.165) is 4.88 Å². The Morgan fingerprint density at radius 3 is 2.63 bits per heavy atom. The average Bonchev–Trinajstić information content (AvgIpc) is 2.77. The molecule has 0 aliphatic rings. The number of ether oxygens (including phenoxy) is 1. The molecule has 0 saturated heterocycles. The van der Waals surface area contributed by atoms with E-state index >= 15 is 0 Å². The van der Waals surface area contributed by atoms with Crippen molar-refractivity contribution in [3.63, 3.8) is 0 Å². The van der Waals surface area contributed by atoms with Gasteiger partial charge >= 0.3 is 5.97 Å². The van der Waals surface area contributed by atoms with Crippen LogP contribution in [0.5, 0.6) is 0 Å². The summed E-state index contributed by atoms with van der Waals surface area (Å²) in [6.07, 6.45) is 1.96. The first-order valence-electron chi connectivity index (χ1n) is 6.17. The first kappa shape index (κ1) is 15.6. The molecule has 106 valence electrons. The summed E-state index contributed by atoms with van der Waals surface area (Å²) < 4.78 is 5.14. The highest BCUT2D eigenvalue weighted by molar-refractivity contribution is 7.09. The zero-order valence-electron chi connectivity index (χ0n) is 11.7. The second-order valence-corrected chi connectivity index (χ2v) is 6.20. The number of hydrogen-bond donors (Lipinski definition) is 1. The van der Waals surface area contributed by atoms with E-state index in [4.69, 9.17) is 4.74 Å². The molecule has 0 bridgehead atoms. The fraction of sp³-hybridized carbons (Fsp3) is 0.615. The first-order valence-corrected chi connectivity index (χ1v) is 7.05. The van der Waals surface area contributed by atoms with Crippen molar-refractivity contribution >= 4 is 23.2 Å². The van der Waals surface area contributed by atoms with Crippen molar-refractivity contribution in [1.29, 1.82) is 0 Å². The first-order chi connectivity index (χ1) is 8.78. The van der Waals surface area contributed by atoms with E-state index in [1.165, 1.54) is 11.3 Å². The maximum absolute atomic E-state index is 11.7. The lowest BCUT2D eigenvalue weighted by atomic mass is 10.2. The molecule has 1 amide bonds. The van der Waals surface area contributed by atoms with Crippen molar-refractivity contribution in [3.8, 4) is 0 Å². The number of carbonyl (C=O) groups excluding carboxylic acids is 2. The second kappa shape index (κ2) is 6.65. The molecule has 1 rings (SSSR count). The minimum atomic E-state index is -0.510. The summed E-state index contributed by atoms with van der Waals surface area (Å²) in [7, 11) is 0. The summed E-state index contributed by atoms with van der Waals surface area (Å²) in [6.45, 7) is 7.30. The highest BCUT2D eigenvalue weighted by Gasteiger charge is 2.18. The van der Waals surface area contributed by atoms with Crippen molar-refractivity contribution in [1.82, 2.24) is 10.3 Å². The van der Waals surface area contributed by atoms with Crippen LogP contribution in [0.15, 0.2) is 11.7 Å². The molecule has 19 heavy (non-hydrogen) atoms.